The Hall–Kier alpha value is -1.33. The van der Waals surface area contributed by atoms with E-state index in [2.05, 4.69) is 53.8 Å². The Morgan fingerprint density at radius 2 is 0.966 bits per heavy atom. The van der Waals surface area contributed by atoms with Crippen molar-refractivity contribution in [2.45, 2.75) is 23.9 Å². The van der Waals surface area contributed by atoms with Crippen LogP contribution < -0.4 is 5.32 Å². The third-order valence-corrected chi connectivity index (χ3v) is 9.92. The molecule has 2 rings (SSSR count). The third-order valence-electron chi connectivity index (χ3n) is 5.31. The van der Waals surface area contributed by atoms with Crippen LogP contribution in [-0.4, -0.2) is 60.1 Å². The van der Waals surface area contributed by atoms with Crippen LogP contribution in [0.2, 0.25) is 0 Å². The van der Waals surface area contributed by atoms with E-state index in [1.54, 1.807) is 28.4 Å². The molecule has 0 fully saturated rings. The summed E-state index contributed by atoms with van der Waals surface area (Å²) in [4.78, 5) is 0. The Labute approximate surface area is 179 Å². The Morgan fingerprint density at radius 1 is 0.621 bits per heavy atom. The highest BCUT2D eigenvalue weighted by Crippen LogP contribution is 2.24. The highest BCUT2D eigenvalue weighted by molar-refractivity contribution is 6.46. The second-order valence-corrected chi connectivity index (χ2v) is 12.0. The summed E-state index contributed by atoms with van der Waals surface area (Å²) in [5.74, 6) is 0. The number of benzene rings is 2. The summed E-state index contributed by atoms with van der Waals surface area (Å²) in [6.45, 7) is 1.84. The van der Waals surface area contributed by atoms with Crippen LogP contribution in [0.5, 0.6) is 0 Å². The van der Waals surface area contributed by atoms with E-state index in [-0.39, 0.29) is 0 Å². The molecule has 0 aliphatic rings. The largest absolute Gasteiger partial charge is 0.400 e. The fraction of sp³-hybridized carbons (Fsp3) is 0.455. The summed E-state index contributed by atoms with van der Waals surface area (Å²) < 4.78 is 22.8. The predicted molar refractivity (Wildman–Crippen MR) is 123 cm³/mol. The molecule has 0 saturated heterocycles. The maximum atomic E-state index is 5.69. The van der Waals surface area contributed by atoms with Crippen molar-refractivity contribution >= 4 is 18.6 Å². The molecule has 0 aromatic heterocycles. The second kappa shape index (κ2) is 13.8. The molecule has 1 N–H and O–H groups in total. The molecule has 0 saturated carbocycles. The maximum absolute atomic E-state index is 5.69. The Kier molecular flexibility index (Phi) is 11.4. The lowest BCUT2D eigenvalue weighted by atomic mass is 10.1. The molecule has 2 aromatic carbocycles. The van der Waals surface area contributed by atoms with Crippen molar-refractivity contribution in [1.29, 1.82) is 0 Å². The molecule has 5 nitrogen and oxygen atoms in total. The van der Waals surface area contributed by atoms with Gasteiger partial charge in [-0.05, 0) is 37.1 Å². The molecule has 0 amide bonds. The molecule has 29 heavy (non-hydrogen) atoms. The Morgan fingerprint density at radius 3 is 1.28 bits per heavy atom. The molecule has 2 unspecified atom stereocenters. The molecule has 0 radical (unpaired) electrons. The van der Waals surface area contributed by atoms with Crippen molar-refractivity contribution in [2.75, 3.05) is 41.5 Å². The number of hydrogen-bond donors (Lipinski definition) is 1. The highest BCUT2D eigenvalue weighted by Gasteiger charge is 2.27. The van der Waals surface area contributed by atoms with E-state index < -0.39 is 18.6 Å². The molecule has 160 valence electrons. The Balaban J connectivity index is 1.91. The van der Waals surface area contributed by atoms with Gasteiger partial charge in [0.25, 0.3) is 0 Å². The monoisotopic (exact) mass is 433 g/mol. The van der Waals surface area contributed by atoms with Crippen molar-refractivity contribution in [3.8, 4) is 0 Å². The normalized spacial score (nSPS) is 13.7. The standard InChI is InChI=1S/C22H35NO4Si2/c1-24-28(25-2)21(19-11-7-5-8-12-19)15-17-23-18-16-22(29(26-3)27-4)20-13-9-6-10-14-20/h5-14,21-23,28-29H,15-18H2,1-4H3. The van der Waals surface area contributed by atoms with E-state index >= 15 is 0 Å². The molecule has 0 aliphatic carbocycles. The van der Waals surface area contributed by atoms with Gasteiger partial charge in [0, 0.05) is 39.5 Å². The van der Waals surface area contributed by atoms with Gasteiger partial charge in [-0.2, -0.15) is 0 Å². The number of hydrogen-bond acceptors (Lipinski definition) is 5. The van der Waals surface area contributed by atoms with Crippen LogP contribution in [0.4, 0.5) is 0 Å². The molecule has 2 atom stereocenters. The molecule has 0 aliphatic heterocycles. The lowest BCUT2D eigenvalue weighted by molar-refractivity contribution is 0.262. The number of nitrogens with one attached hydrogen (secondary N) is 1. The van der Waals surface area contributed by atoms with Crippen molar-refractivity contribution in [2.24, 2.45) is 0 Å². The second-order valence-electron chi connectivity index (χ2n) is 7.04. The van der Waals surface area contributed by atoms with Gasteiger partial charge >= 0.3 is 18.6 Å². The summed E-state index contributed by atoms with van der Waals surface area (Å²) >= 11 is 0. The summed E-state index contributed by atoms with van der Waals surface area (Å²) in [6.07, 6.45) is 1.99. The van der Waals surface area contributed by atoms with Crippen LogP contribution in [-0.2, 0) is 17.7 Å². The topological polar surface area (TPSA) is 49.0 Å². The first-order valence-corrected chi connectivity index (χ1v) is 13.4. The van der Waals surface area contributed by atoms with Crippen LogP contribution in [0.3, 0.4) is 0 Å². The molecular formula is C22H35NO4Si2. The minimum absolute atomic E-state index is 0.323. The van der Waals surface area contributed by atoms with Gasteiger partial charge in [0.1, 0.15) is 0 Å². The fourth-order valence-corrected chi connectivity index (χ4v) is 7.46. The van der Waals surface area contributed by atoms with Gasteiger partial charge in [-0.3, -0.25) is 0 Å². The minimum atomic E-state index is -1.75. The highest BCUT2D eigenvalue weighted by atomic mass is 28.3. The van der Waals surface area contributed by atoms with E-state index in [4.69, 9.17) is 17.7 Å². The van der Waals surface area contributed by atoms with Crippen molar-refractivity contribution in [3.63, 3.8) is 0 Å². The first-order valence-electron chi connectivity index (χ1n) is 10.2. The smallest absolute Gasteiger partial charge is 0.328 e. The van der Waals surface area contributed by atoms with Crippen LogP contribution in [0.15, 0.2) is 60.7 Å². The lowest BCUT2D eigenvalue weighted by Crippen LogP contribution is -2.33. The van der Waals surface area contributed by atoms with Crippen LogP contribution >= 0.6 is 0 Å². The molecule has 0 heterocycles. The van der Waals surface area contributed by atoms with Gasteiger partial charge < -0.3 is 23.0 Å². The minimum Gasteiger partial charge on any atom is -0.400 e. The molecule has 0 spiro atoms. The predicted octanol–water partition coefficient (Wildman–Crippen LogP) is 3.03. The summed E-state index contributed by atoms with van der Waals surface area (Å²) in [6, 6.07) is 21.1. The van der Waals surface area contributed by atoms with E-state index in [0.29, 0.717) is 11.1 Å². The van der Waals surface area contributed by atoms with E-state index in [9.17, 15) is 0 Å². The summed E-state index contributed by atoms with van der Waals surface area (Å²) in [7, 11) is 3.53. The van der Waals surface area contributed by atoms with Gasteiger partial charge in [0.05, 0.1) is 0 Å². The van der Waals surface area contributed by atoms with Crippen molar-refractivity contribution < 1.29 is 17.7 Å². The van der Waals surface area contributed by atoms with Gasteiger partial charge in [0.2, 0.25) is 0 Å². The molecule has 0 bridgehead atoms. The zero-order valence-corrected chi connectivity index (χ0v) is 20.4. The van der Waals surface area contributed by atoms with Crippen molar-refractivity contribution in [1.82, 2.24) is 5.32 Å². The maximum Gasteiger partial charge on any atom is 0.328 e. The Bertz CT molecular complexity index is 597. The molecular weight excluding hydrogens is 398 g/mol. The zero-order valence-electron chi connectivity index (χ0n) is 18.0. The number of rotatable bonds is 14. The van der Waals surface area contributed by atoms with Crippen molar-refractivity contribution in [3.05, 3.63) is 71.8 Å². The average molecular weight is 434 g/mol. The van der Waals surface area contributed by atoms with Crippen LogP contribution in [0.1, 0.15) is 35.1 Å². The summed E-state index contributed by atoms with van der Waals surface area (Å²) in [5, 5.41) is 3.61. The van der Waals surface area contributed by atoms with Crippen LogP contribution in [0.25, 0.3) is 0 Å². The summed E-state index contributed by atoms with van der Waals surface area (Å²) in [5.41, 5.74) is 3.23. The first kappa shape index (κ1) is 23.9. The fourth-order valence-electron chi connectivity index (χ4n) is 3.81. The van der Waals surface area contributed by atoms with Gasteiger partial charge in [-0.25, -0.2) is 0 Å². The van der Waals surface area contributed by atoms with E-state index in [1.807, 2.05) is 12.1 Å². The third kappa shape index (κ3) is 7.45. The SMILES string of the molecule is CO[SiH](OC)C(CCNCCC(c1ccccc1)[SiH](OC)OC)c1ccccc1. The van der Waals surface area contributed by atoms with Gasteiger partial charge in [-0.1, -0.05) is 60.7 Å². The molecule has 2 aromatic rings. The van der Waals surface area contributed by atoms with Gasteiger partial charge in [0.15, 0.2) is 0 Å². The quantitative estimate of drug-likeness (QED) is 0.367. The van der Waals surface area contributed by atoms with E-state index in [1.165, 1.54) is 11.1 Å². The molecule has 7 heteroatoms. The average Bonchev–Trinajstić information content (AvgIpc) is 2.79. The zero-order chi connectivity index (χ0) is 20.9. The van der Waals surface area contributed by atoms with Gasteiger partial charge in [-0.15, -0.1) is 0 Å². The van der Waals surface area contributed by atoms with E-state index in [0.717, 1.165) is 25.9 Å². The first-order chi connectivity index (χ1) is 14.2. The van der Waals surface area contributed by atoms with Crippen LogP contribution in [0, 0.1) is 0 Å². The lowest BCUT2D eigenvalue weighted by Gasteiger charge is -2.25.